The first-order chi connectivity index (χ1) is 15.4. The minimum Gasteiger partial charge on any atom is -0.354 e. The summed E-state index contributed by atoms with van der Waals surface area (Å²) in [6, 6.07) is 12.2. The maximum Gasteiger partial charge on any atom is 0.242 e. The summed E-state index contributed by atoms with van der Waals surface area (Å²) in [6.07, 6.45) is 2.41. The molecule has 0 fully saturated rings. The summed E-state index contributed by atoms with van der Waals surface area (Å²) in [5, 5.41) is 4.69. The van der Waals surface area contributed by atoms with Crippen LogP contribution in [0.15, 0.2) is 42.5 Å². The van der Waals surface area contributed by atoms with Gasteiger partial charge in [-0.15, -0.1) is 11.8 Å². The van der Waals surface area contributed by atoms with E-state index in [1.165, 1.54) is 11.8 Å². The number of nitrogens with one attached hydrogen (secondary N) is 1. The van der Waals surface area contributed by atoms with E-state index in [1.54, 1.807) is 23.1 Å². The van der Waals surface area contributed by atoms with Crippen LogP contribution in [0.3, 0.4) is 0 Å². The molecule has 0 saturated carbocycles. The number of benzene rings is 2. The summed E-state index contributed by atoms with van der Waals surface area (Å²) in [6.45, 7) is 4.86. The monoisotopic (exact) mass is 514 g/mol. The van der Waals surface area contributed by atoms with Crippen molar-refractivity contribution in [2.75, 3.05) is 12.3 Å². The molecule has 0 aliphatic rings. The van der Waals surface area contributed by atoms with Crippen LogP contribution < -0.4 is 5.32 Å². The third kappa shape index (κ3) is 8.18. The van der Waals surface area contributed by atoms with Gasteiger partial charge in [0.2, 0.25) is 11.8 Å². The smallest absolute Gasteiger partial charge is 0.242 e. The summed E-state index contributed by atoms with van der Waals surface area (Å²) >= 11 is 20.0. The lowest BCUT2D eigenvalue weighted by atomic mass is 10.1. The van der Waals surface area contributed by atoms with Gasteiger partial charge in [-0.05, 0) is 42.2 Å². The molecule has 2 rings (SSSR count). The summed E-state index contributed by atoms with van der Waals surface area (Å²) in [5.74, 6) is 0.549. The molecule has 32 heavy (non-hydrogen) atoms. The van der Waals surface area contributed by atoms with Gasteiger partial charge in [-0.1, -0.05) is 79.3 Å². The van der Waals surface area contributed by atoms with Crippen LogP contribution in [0.2, 0.25) is 15.1 Å². The first kappa shape index (κ1) is 26.8. The lowest BCUT2D eigenvalue weighted by Crippen LogP contribution is -2.49. The van der Waals surface area contributed by atoms with Crippen LogP contribution in [0.5, 0.6) is 0 Å². The molecular formula is C24H29Cl3N2O2S. The van der Waals surface area contributed by atoms with E-state index in [-0.39, 0.29) is 24.1 Å². The predicted molar refractivity (Wildman–Crippen MR) is 137 cm³/mol. The number of amides is 2. The fourth-order valence-corrected chi connectivity index (χ4v) is 4.87. The number of nitrogens with zero attached hydrogens (tertiary/aromatic N) is 1. The quantitative estimate of drug-likeness (QED) is 0.324. The fraction of sp³-hybridized carbons (Fsp3) is 0.417. The van der Waals surface area contributed by atoms with Gasteiger partial charge in [0.15, 0.2) is 0 Å². The second-order valence-corrected chi connectivity index (χ2v) is 9.65. The number of carbonyl (C=O) groups excluding carboxylic acids is 2. The molecule has 0 aromatic heterocycles. The average Bonchev–Trinajstić information content (AvgIpc) is 2.76. The van der Waals surface area contributed by atoms with E-state index in [0.29, 0.717) is 33.8 Å². The molecule has 0 bridgehead atoms. The third-order valence-electron chi connectivity index (χ3n) is 5.01. The molecule has 0 aliphatic carbocycles. The lowest BCUT2D eigenvalue weighted by Gasteiger charge is -2.31. The van der Waals surface area contributed by atoms with Crippen LogP contribution in [0, 0.1) is 0 Å². The highest BCUT2D eigenvalue weighted by Gasteiger charge is 2.28. The van der Waals surface area contributed by atoms with Gasteiger partial charge in [-0.2, -0.15) is 0 Å². The van der Waals surface area contributed by atoms with E-state index < -0.39 is 6.04 Å². The lowest BCUT2D eigenvalue weighted by molar-refractivity contribution is -0.139. The van der Waals surface area contributed by atoms with Crippen molar-refractivity contribution >= 4 is 58.4 Å². The standard InChI is InChI=1S/C24H29Cl3N2O2S/c1-3-5-12-28-24(31)22(4-2)29(14-17-8-6-7-9-20(17)26)23(30)16-32-15-18-10-11-19(25)13-21(18)27/h6-11,13,22H,3-5,12,14-16H2,1-2H3,(H,28,31)/t22-/m0/s1. The molecule has 174 valence electrons. The van der Waals surface area contributed by atoms with Gasteiger partial charge >= 0.3 is 0 Å². The highest BCUT2D eigenvalue weighted by Crippen LogP contribution is 2.26. The number of carbonyl (C=O) groups is 2. The molecule has 8 heteroatoms. The first-order valence-electron chi connectivity index (χ1n) is 10.7. The van der Waals surface area contributed by atoms with Crippen LogP contribution in [0.4, 0.5) is 0 Å². The van der Waals surface area contributed by atoms with Crippen molar-refractivity contribution in [3.8, 4) is 0 Å². The number of hydrogen-bond acceptors (Lipinski definition) is 3. The van der Waals surface area contributed by atoms with E-state index in [0.717, 1.165) is 24.0 Å². The highest BCUT2D eigenvalue weighted by atomic mass is 35.5. The van der Waals surface area contributed by atoms with Crippen molar-refractivity contribution in [2.24, 2.45) is 0 Å². The molecule has 0 unspecified atom stereocenters. The normalized spacial score (nSPS) is 11.8. The molecule has 0 spiro atoms. The topological polar surface area (TPSA) is 49.4 Å². The molecule has 0 saturated heterocycles. The Kier molecular flexibility index (Phi) is 11.7. The van der Waals surface area contributed by atoms with Crippen molar-refractivity contribution < 1.29 is 9.59 Å². The van der Waals surface area contributed by atoms with Crippen LogP contribution in [0.25, 0.3) is 0 Å². The number of rotatable bonds is 12. The SMILES string of the molecule is CCCCNC(=O)[C@H](CC)N(Cc1ccccc1Cl)C(=O)CSCc1ccc(Cl)cc1Cl. The molecule has 4 nitrogen and oxygen atoms in total. The molecule has 2 amide bonds. The third-order valence-corrected chi connectivity index (χ3v) is 6.93. The summed E-state index contributed by atoms with van der Waals surface area (Å²) in [5.41, 5.74) is 1.73. The maximum atomic E-state index is 13.3. The number of hydrogen-bond donors (Lipinski definition) is 1. The van der Waals surface area contributed by atoms with Gasteiger partial charge in [-0.3, -0.25) is 9.59 Å². The zero-order valence-corrected chi connectivity index (χ0v) is 21.5. The van der Waals surface area contributed by atoms with Crippen molar-refractivity contribution in [1.29, 1.82) is 0 Å². The molecule has 0 heterocycles. The van der Waals surface area contributed by atoms with Crippen molar-refractivity contribution in [3.05, 3.63) is 68.7 Å². The fourth-order valence-electron chi connectivity index (χ4n) is 3.21. The Morgan fingerprint density at radius 3 is 2.44 bits per heavy atom. The molecule has 0 aliphatic heterocycles. The maximum absolute atomic E-state index is 13.3. The molecule has 1 atom stereocenters. The minimum atomic E-state index is -0.560. The van der Waals surface area contributed by atoms with Gasteiger partial charge in [-0.25, -0.2) is 0 Å². The van der Waals surface area contributed by atoms with Crippen molar-refractivity contribution in [2.45, 2.75) is 51.4 Å². The van der Waals surface area contributed by atoms with Crippen molar-refractivity contribution in [3.63, 3.8) is 0 Å². The van der Waals surface area contributed by atoms with E-state index in [9.17, 15) is 9.59 Å². The van der Waals surface area contributed by atoms with E-state index in [4.69, 9.17) is 34.8 Å². The Balaban J connectivity index is 2.13. The van der Waals surface area contributed by atoms with Gasteiger partial charge in [0, 0.05) is 33.9 Å². The zero-order chi connectivity index (χ0) is 23.5. The largest absolute Gasteiger partial charge is 0.354 e. The Labute approximate surface area is 210 Å². The number of thioether (sulfide) groups is 1. The van der Waals surface area contributed by atoms with Crippen LogP contribution in [0.1, 0.15) is 44.2 Å². The summed E-state index contributed by atoms with van der Waals surface area (Å²) < 4.78 is 0. The Bertz CT molecular complexity index is 911. The Morgan fingerprint density at radius 1 is 1.03 bits per heavy atom. The predicted octanol–water partition coefficient (Wildman–Crippen LogP) is 6.60. The van der Waals surface area contributed by atoms with E-state index >= 15 is 0 Å². The van der Waals surface area contributed by atoms with Gasteiger partial charge in [0.05, 0.1) is 5.75 Å². The minimum absolute atomic E-state index is 0.113. The zero-order valence-electron chi connectivity index (χ0n) is 18.4. The van der Waals surface area contributed by atoms with Gasteiger partial charge < -0.3 is 10.2 Å². The number of unbranched alkanes of at least 4 members (excludes halogenated alkanes) is 1. The number of halogens is 3. The van der Waals surface area contributed by atoms with Gasteiger partial charge in [0.25, 0.3) is 0 Å². The second kappa shape index (κ2) is 14.0. The van der Waals surface area contributed by atoms with Crippen LogP contribution in [-0.4, -0.2) is 35.1 Å². The summed E-state index contributed by atoms with van der Waals surface area (Å²) in [4.78, 5) is 27.8. The van der Waals surface area contributed by atoms with E-state index in [1.807, 2.05) is 31.2 Å². The Morgan fingerprint density at radius 2 is 1.78 bits per heavy atom. The highest BCUT2D eigenvalue weighted by molar-refractivity contribution is 7.99. The average molecular weight is 516 g/mol. The van der Waals surface area contributed by atoms with Crippen LogP contribution in [-0.2, 0) is 21.9 Å². The first-order valence-corrected chi connectivity index (χ1v) is 13.0. The molecule has 2 aromatic rings. The van der Waals surface area contributed by atoms with Crippen LogP contribution >= 0.6 is 46.6 Å². The van der Waals surface area contributed by atoms with Crippen molar-refractivity contribution in [1.82, 2.24) is 10.2 Å². The van der Waals surface area contributed by atoms with E-state index in [2.05, 4.69) is 12.2 Å². The Hall–Kier alpha value is -1.40. The molecule has 2 aromatic carbocycles. The molecular weight excluding hydrogens is 487 g/mol. The van der Waals surface area contributed by atoms with Gasteiger partial charge in [0.1, 0.15) is 6.04 Å². The summed E-state index contributed by atoms with van der Waals surface area (Å²) in [7, 11) is 0. The second-order valence-electron chi connectivity index (χ2n) is 7.41. The molecule has 0 radical (unpaired) electrons. The molecule has 1 N–H and O–H groups in total.